The smallest absolute Gasteiger partial charge is 0.251 e. The summed E-state index contributed by atoms with van der Waals surface area (Å²) in [5, 5.41) is 12.4. The highest BCUT2D eigenvalue weighted by molar-refractivity contribution is 5.95. The lowest BCUT2D eigenvalue weighted by atomic mass is 10.0. The highest BCUT2D eigenvalue weighted by atomic mass is 16.3. The number of hydrogen-bond donors (Lipinski definition) is 2. The van der Waals surface area contributed by atoms with Gasteiger partial charge in [-0.05, 0) is 50.6 Å². The number of hydrogen-bond acceptors (Lipinski definition) is 4. The Morgan fingerprint density at radius 2 is 2.20 bits per heavy atom. The third-order valence-corrected chi connectivity index (χ3v) is 4.79. The van der Waals surface area contributed by atoms with Gasteiger partial charge >= 0.3 is 0 Å². The predicted octanol–water partition coefficient (Wildman–Crippen LogP) is 2.83. The molecule has 25 heavy (non-hydrogen) atoms. The van der Waals surface area contributed by atoms with Gasteiger partial charge in [0.1, 0.15) is 11.5 Å². The van der Waals surface area contributed by atoms with Gasteiger partial charge in [-0.1, -0.05) is 18.6 Å². The van der Waals surface area contributed by atoms with Crippen LogP contribution in [-0.2, 0) is 0 Å². The molecule has 5 nitrogen and oxygen atoms in total. The molecule has 1 aromatic carbocycles. The lowest BCUT2D eigenvalue weighted by molar-refractivity contribution is 0.0849. The molecule has 0 aliphatic carbocycles. The van der Waals surface area contributed by atoms with Crippen molar-refractivity contribution < 1.29 is 14.3 Å². The molecular weight excluding hydrogens is 316 g/mol. The average molecular weight is 342 g/mol. The van der Waals surface area contributed by atoms with E-state index in [9.17, 15) is 9.90 Å². The van der Waals surface area contributed by atoms with Crippen LogP contribution >= 0.6 is 0 Å². The highest BCUT2D eigenvalue weighted by Crippen LogP contribution is 2.22. The number of aliphatic hydroxyl groups excluding tert-OH is 1. The number of amides is 1. The molecule has 1 fully saturated rings. The summed E-state index contributed by atoms with van der Waals surface area (Å²) in [5.74, 6) is 1.54. The van der Waals surface area contributed by atoms with E-state index in [1.807, 2.05) is 43.3 Å². The summed E-state index contributed by atoms with van der Waals surface area (Å²) < 4.78 is 5.63. The van der Waals surface area contributed by atoms with Crippen molar-refractivity contribution in [3.8, 4) is 11.3 Å². The fourth-order valence-corrected chi connectivity index (χ4v) is 3.38. The van der Waals surface area contributed by atoms with Crippen LogP contribution in [0.1, 0.15) is 35.4 Å². The van der Waals surface area contributed by atoms with Crippen molar-refractivity contribution in [2.24, 2.45) is 0 Å². The maximum Gasteiger partial charge on any atom is 0.251 e. The number of aryl methyl sites for hydroxylation is 1. The van der Waals surface area contributed by atoms with Crippen molar-refractivity contribution in [1.29, 1.82) is 0 Å². The van der Waals surface area contributed by atoms with Crippen molar-refractivity contribution in [1.82, 2.24) is 10.2 Å². The number of benzene rings is 1. The maximum atomic E-state index is 12.4. The monoisotopic (exact) mass is 342 g/mol. The van der Waals surface area contributed by atoms with Crippen molar-refractivity contribution in [3.05, 3.63) is 47.7 Å². The zero-order chi connectivity index (χ0) is 17.6. The van der Waals surface area contributed by atoms with Gasteiger partial charge < -0.3 is 14.8 Å². The average Bonchev–Trinajstić information content (AvgIpc) is 3.08. The molecule has 1 atom stereocenters. The molecule has 0 unspecified atom stereocenters. The van der Waals surface area contributed by atoms with Gasteiger partial charge in [0.2, 0.25) is 0 Å². The molecule has 0 bridgehead atoms. The van der Waals surface area contributed by atoms with Crippen molar-refractivity contribution in [2.45, 2.75) is 32.2 Å². The molecule has 3 rings (SSSR count). The van der Waals surface area contributed by atoms with Crippen LogP contribution in [0.15, 0.2) is 40.8 Å². The fourth-order valence-electron chi connectivity index (χ4n) is 3.38. The topological polar surface area (TPSA) is 65.7 Å². The van der Waals surface area contributed by atoms with Crippen LogP contribution in [-0.4, -0.2) is 48.2 Å². The van der Waals surface area contributed by atoms with Gasteiger partial charge in [-0.3, -0.25) is 9.69 Å². The van der Waals surface area contributed by atoms with Gasteiger partial charge in [0, 0.05) is 30.3 Å². The minimum atomic E-state index is -0.0808. The molecule has 1 amide bonds. The third-order valence-electron chi connectivity index (χ3n) is 4.79. The lowest BCUT2D eigenvalue weighted by Crippen LogP contribution is -2.45. The zero-order valence-corrected chi connectivity index (χ0v) is 14.7. The van der Waals surface area contributed by atoms with E-state index in [1.165, 1.54) is 6.42 Å². The predicted molar refractivity (Wildman–Crippen MR) is 97.5 cm³/mol. The summed E-state index contributed by atoms with van der Waals surface area (Å²) in [6.45, 7) is 4.45. The Bertz CT molecular complexity index is 710. The van der Waals surface area contributed by atoms with Crippen molar-refractivity contribution >= 4 is 5.91 Å². The first-order valence-corrected chi connectivity index (χ1v) is 8.97. The molecule has 5 heteroatoms. The first-order chi connectivity index (χ1) is 12.2. The highest BCUT2D eigenvalue weighted by Gasteiger charge is 2.21. The third kappa shape index (κ3) is 4.50. The minimum absolute atomic E-state index is 0.0808. The standard InChI is InChI=1S/C20H26N2O3/c1-15-8-9-19(25-15)16-5-4-6-17(13-16)20(24)21-10-12-22-11-3-2-7-18(22)14-23/h4-6,8-9,13,18,23H,2-3,7,10-12,14H2,1H3,(H,21,24)/t18-/m0/s1. The molecule has 2 aromatic rings. The summed E-state index contributed by atoms with van der Waals surface area (Å²) >= 11 is 0. The van der Waals surface area contributed by atoms with E-state index in [1.54, 1.807) is 0 Å². The molecule has 0 spiro atoms. The van der Waals surface area contributed by atoms with Gasteiger partial charge in [-0.2, -0.15) is 0 Å². The number of rotatable bonds is 6. The molecule has 2 heterocycles. The first kappa shape index (κ1) is 17.7. The Balaban J connectivity index is 1.56. The summed E-state index contributed by atoms with van der Waals surface area (Å²) in [7, 11) is 0. The van der Waals surface area contributed by atoms with Crippen LogP contribution in [0.25, 0.3) is 11.3 Å². The number of carbonyl (C=O) groups excluding carboxylic acids is 1. The molecular formula is C20H26N2O3. The molecule has 1 aliphatic heterocycles. The number of piperidine rings is 1. The fraction of sp³-hybridized carbons (Fsp3) is 0.450. The number of aliphatic hydroxyl groups is 1. The molecule has 0 radical (unpaired) electrons. The summed E-state index contributed by atoms with van der Waals surface area (Å²) in [6, 6.07) is 11.5. The number of likely N-dealkylation sites (tertiary alicyclic amines) is 1. The lowest BCUT2D eigenvalue weighted by Gasteiger charge is -2.34. The van der Waals surface area contributed by atoms with Crippen LogP contribution in [0.3, 0.4) is 0 Å². The minimum Gasteiger partial charge on any atom is -0.461 e. The van der Waals surface area contributed by atoms with E-state index in [0.717, 1.165) is 43.0 Å². The maximum absolute atomic E-state index is 12.4. The Morgan fingerprint density at radius 1 is 1.32 bits per heavy atom. The van der Waals surface area contributed by atoms with E-state index in [0.29, 0.717) is 12.1 Å². The number of nitrogens with zero attached hydrogens (tertiary/aromatic N) is 1. The molecule has 0 saturated carbocycles. The summed E-state index contributed by atoms with van der Waals surface area (Å²) in [5.41, 5.74) is 1.53. The Kier molecular flexibility index (Phi) is 5.89. The van der Waals surface area contributed by atoms with E-state index in [-0.39, 0.29) is 18.6 Å². The van der Waals surface area contributed by atoms with E-state index >= 15 is 0 Å². The molecule has 1 saturated heterocycles. The molecule has 1 aromatic heterocycles. The van der Waals surface area contributed by atoms with Crippen LogP contribution in [0.2, 0.25) is 0 Å². The Morgan fingerprint density at radius 3 is 2.96 bits per heavy atom. The second-order valence-electron chi connectivity index (χ2n) is 6.62. The Labute approximate surface area is 148 Å². The van der Waals surface area contributed by atoms with E-state index < -0.39 is 0 Å². The van der Waals surface area contributed by atoms with Gasteiger partial charge in [-0.15, -0.1) is 0 Å². The van der Waals surface area contributed by atoms with Gasteiger partial charge in [0.05, 0.1) is 6.61 Å². The van der Waals surface area contributed by atoms with Crippen LogP contribution in [0.5, 0.6) is 0 Å². The summed E-state index contributed by atoms with van der Waals surface area (Å²) in [4.78, 5) is 14.7. The molecule has 2 N–H and O–H groups in total. The van der Waals surface area contributed by atoms with Crippen LogP contribution in [0.4, 0.5) is 0 Å². The van der Waals surface area contributed by atoms with Crippen molar-refractivity contribution in [3.63, 3.8) is 0 Å². The Hall–Kier alpha value is -2.11. The first-order valence-electron chi connectivity index (χ1n) is 8.97. The second-order valence-corrected chi connectivity index (χ2v) is 6.62. The SMILES string of the molecule is Cc1ccc(-c2cccc(C(=O)NCCN3CCCC[C@H]3CO)c2)o1. The van der Waals surface area contributed by atoms with Gasteiger partial charge in [0.15, 0.2) is 0 Å². The van der Waals surface area contributed by atoms with Gasteiger partial charge in [0.25, 0.3) is 5.91 Å². The van der Waals surface area contributed by atoms with Crippen LogP contribution in [0, 0.1) is 6.92 Å². The van der Waals surface area contributed by atoms with Crippen molar-refractivity contribution in [2.75, 3.05) is 26.2 Å². The van der Waals surface area contributed by atoms with E-state index in [2.05, 4.69) is 10.2 Å². The number of carbonyl (C=O) groups is 1. The molecule has 134 valence electrons. The number of furan rings is 1. The summed E-state index contributed by atoms with van der Waals surface area (Å²) in [6.07, 6.45) is 3.37. The largest absolute Gasteiger partial charge is 0.461 e. The number of nitrogens with one attached hydrogen (secondary N) is 1. The normalized spacial score (nSPS) is 18.2. The quantitative estimate of drug-likeness (QED) is 0.847. The zero-order valence-electron chi connectivity index (χ0n) is 14.7. The van der Waals surface area contributed by atoms with Crippen LogP contribution < -0.4 is 5.32 Å². The molecule has 1 aliphatic rings. The van der Waals surface area contributed by atoms with E-state index in [4.69, 9.17) is 4.42 Å². The second kappa shape index (κ2) is 8.32. The van der Waals surface area contributed by atoms with Gasteiger partial charge in [-0.25, -0.2) is 0 Å².